The number of halogens is 5. The first-order valence-corrected chi connectivity index (χ1v) is 3.88. The van der Waals surface area contributed by atoms with E-state index in [1.807, 2.05) is 0 Å². The summed E-state index contributed by atoms with van der Waals surface area (Å²) in [6, 6.07) is 0. The molecular formula is C7H9F5O. The van der Waals surface area contributed by atoms with Crippen molar-refractivity contribution in [2.24, 2.45) is 0 Å². The molecule has 78 valence electrons. The first-order valence-electron chi connectivity index (χ1n) is 3.88. The van der Waals surface area contributed by atoms with Gasteiger partial charge in [0.1, 0.15) is 0 Å². The zero-order valence-corrected chi connectivity index (χ0v) is 6.67. The summed E-state index contributed by atoms with van der Waals surface area (Å²) in [5.74, 6) is -4.05. The van der Waals surface area contributed by atoms with E-state index in [-0.39, 0.29) is 12.8 Å². The van der Waals surface area contributed by atoms with Gasteiger partial charge in [-0.3, -0.25) is 0 Å². The van der Waals surface area contributed by atoms with Crippen LogP contribution < -0.4 is 0 Å². The largest absolute Gasteiger partial charge is 0.423 e. The van der Waals surface area contributed by atoms with Crippen LogP contribution in [0.25, 0.3) is 0 Å². The molecule has 1 atom stereocenters. The van der Waals surface area contributed by atoms with Gasteiger partial charge in [0.15, 0.2) is 0 Å². The quantitative estimate of drug-likeness (QED) is 0.601. The number of hydrogen-bond acceptors (Lipinski definition) is 1. The maximum absolute atomic E-state index is 12.8. The minimum absolute atomic E-state index is 0.0192. The molecule has 1 aliphatic carbocycles. The topological polar surface area (TPSA) is 20.2 Å². The third kappa shape index (κ3) is 1.51. The van der Waals surface area contributed by atoms with Crippen LogP contribution >= 0.6 is 0 Å². The van der Waals surface area contributed by atoms with Gasteiger partial charge in [0, 0.05) is 6.42 Å². The summed E-state index contributed by atoms with van der Waals surface area (Å²) in [6.45, 7) is 0. The first-order chi connectivity index (χ1) is 5.71. The number of alkyl halides is 5. The molecule has 0 aromatic rings. The zero-order chi connectivity index (χ0) is 10.3. The monoisotopic (exact) mass is 204 g/mol. The van der Waals surface area contributed by atoms with Crippen LogP contribution in [0.5, 0.6) is 0 Å². The second-order valence-corrected chi connectivity index (χ2v) is 3.27. The highest BCUT2D eigenvalue weighted by Crippen LogP contribution is 2.50. The van der Waals surface area contributed by atoms with Gasteiger partial charge in [0.25, 0.3) is 5.92 Å². The van der Waals surface area contributed by atoms with Gasteiger partial charge >= 0.3 is 6.18 Å². The van der Waals surface area contributed by atoms with Crippen molar-refractivity contribution in [2.45, 2.75) is 43.4 Å². The lowest BCUT2D eigenvalue weighted by atomic mass is 9.81. The summed E-state index contributed by atoms with van der Waals surface area (Å²) in [6.07, 6.45) is -7.07. The summed E-state index contributed by atoms with van der Waals surface area (Å²) in [4.78, 5) is 0. The first kappa shape index (κ1) is 10.7. The van der Waals surface area contributed by atoms with Crippen molar-refractivity contribution in [1.29, 1.82) is 0 Å². The van der Waals surface area contributed by atoms with Crippen LogP contribution in [0, 0.1) is 0 Å². The smallest absolute Gasteiger partial charge is 0.376 e. The Morgan fingerprint density at radius 2 is 1.46 bits per heavy atom. The molecule has 0 radical (unpaired) electrons. The van der Waals surface area contributed by atoms with Crippen LogP contribution in [-0.2, 0) is 0 Å². The summed E-state index contributed by atoms with van der Waals surface area (Å²) in [5.41, 5.74) is -3.82. The van der Waals surface area contributed by atoms with E-state index in [0.717, 1.165) is 0 Å². The van der Waals surface area contributed by atoms with E-state index in [4.69, 9.17) is 5.11 Å². The van der Waals surface area contributed by atoms with Crippen LogP contribution in [-0.4, -0.2) is 22.8 Å². The van der Waals surface area contributed by atoms with E-state index in [9.17, 15) is 22.0 Å². The Balaban J connectivity index is 2.98. The van der Waals surface area contributed by atoms with E-state index < -0.39 is 30.5 Å². The van der Waals surface area contributed by atoms with E-state index in [2.05, 4.69) is 0 Å². The van der Waals surface area contributed by atoms with Crippen molar-refractivity contribution < 1.29 is 27.1 Å². The predicted octanol–water partition coefficient (Wildman–Crippen LogP) is 2.49. The van der Waals surface area contributed by atoms with Gasteiger partial charge in [0.2, 0.25) is 5.60 Å². The minimum atomic E-state index is -5.25. The minimum Gasteiger partial charge on any atom is -0.376 e. The highest BCUT2D eigenvalue weighted by molar-refractivity contribution is 5.01. The second-order valence-electron chi connectivity index (χ2n) is 3.27. The van der Waals surface area contributed by atoms with Crippen LogP contribution in [0.4, 0.5) is 22.0 Å². The molecule has 1 N–H and O–H groups in total. The van der Waals surface area contributed by atoms with Gasteiger partial charge in [-0.25, -0.2) is 8.78 Å². The molecule has 1 aliphatic rings. The van der Waals surface area contributed by atoms with Crippen LogP contribution in [0.1, 0.15) is 25.7 Å². The SMILES string of the molecule is OC1(C(F)(F)F)CCCCC1(F)F. The van der Waals surface area contributed by atoms with Crippen molar-refractivity contribution in [3.8, 4) is 0 Å². The molecule has 1 rings (SSSR count). The van der Waals surface area contributed by atoms with E-state index in [1.54, 1.807) is 0 Å². The molecule has 13 heavy (non-hydrogen) atoms. The molecule has 1 saturated carbocycles. The van der Waals surface area contributed by atoms with E-state index >= 15 is 0 Å². The Kier molecular flexibility index (Phi) is 2.30. The predicted molar refractivity (Wildman–Crippen MR) is 34.4 cm³/mol. The number of hydrogen-bond donors (Lipinski definition) is 1. The van der Waals surface area contributed by atoms with Gasteiger partial charge in [0.05, 0.1) is 0 Å². The fourth-order valence-electron chi connectivity index (χ4n) is 1.47. The molecule has 0 aromatic heterocycles. The molecule has 6 heteroatoms. The highest BCUT2D eigenvalue weighted by atomic mass is 19.4. The Hall–Kier alpha value is -0.390. The average Bonchev–Trinajstić information content (AvgIpc) is 1.93. The third-order valence-corrected chi connectivity index (χ3v) is 2.35. The van der Waals surface area contributed by atoms with Gasteiger partial charge in [-0.2, -0.15) is 13.2 Å². The maximum Gasteiger partial charge on any atom is 0.423 e. The number of aliphatic hydroxyl groups is 1. The normalized spacial score (nSPS) is 34.6. The lowest BCUT2D eigenvalue weighted by Crippen LogP contribution is -2.60. The Morgan fingerprint density at radius 3 is 1.77 bits per heavy atom. The van der Waals surface area contributed by atoms with Gasteiger partial charge in [-0.15, -0.1) is 0 Å². The van der Waals surface area contributed by atoms with E-state index in [1.165, 1.54) is 0 Å². The summed E-state index contributed by atoms with van der Waals surface area (Å²) >= 11 is 0. The molecule has 0 aliphatic heterocycles. The summed E-state index contributed by atoms with van der Waals surface area (Å²) in [5, 5.41) is 8.86. The molecule has 0 bridgehead atoms. The molecule has 1 unspecified atom stereocenters. The third-order valence-electron chi connectivity index (χ3n) is 2.35. The Labute approximate surface area is 71.5 Å². The van der Waals surface area contributed by atoms with Crippen molar-refractivity contribution in [3.63, 3.8) is 0 Å². The van der Waals surface area contributed by atoms with Crippen molar-refractivity contribution in [1.82, 2.24) is 0 Å². The van der Waals surface area contributed by atoms with Gasteiger partial charge < -0.3 is 5.11 Å². The molecular weight excluding hydrogens is 195 g/mol. The number of rotatable bonds is 0. The van der Waals surface area contributed by atoms with Gasteiger partial charge in [-0.1, -0.05) is 0 Å². The average molecular weight is 204 g/mol. The molecule has 0 amide bonds. The Bertz CT molecular complexity index is 200. The molecule has 1 nitrogen and oxygen atoms in total. The second kappa shape index (κ2) is 2.80. The van der Waals surface area contributed by atoms with E-state index in [0.29, 0.717) is 0 Å². The molecule has 0 spiro atoms. The fourth-order valence-corrected chi connectivity index (χ4v) is 1.47. The maximum atomic E-state index is 12.8. The highest BCUT2D eigenvalue weighted by Gasteiger charge is 2.68. The summed E-state index contributed by atoms with van der Waals surface area (Å²) < 4.78 is 61.8. The molecule has 0 heterocycles. The molecule has 0 saturated heterocycles. The lowest BCUT2D eigenvalue weighted by molar-refractivity contribution is -0.342. The standard InChI is InChI=1S/C7H9F5O/c8-6(9)4-2-1-3-5(6,13)7(10,11)12/h13H,1-4H2. The Morgan fingerprint density at radius 1 is 1.00 bits per heavy atom. The zero-order valence-electron chi connectivity index (χ0n) is 6.67. The van der Waals surface area contributed by atoms with Gasteiger partial charge in [-0.05, 0) is 19.3 Å². The van der Waals surface area contributed by atoms with Crippen LogP contribution in [0.15, 0.2) is 0 Å². The van der Waals surface area contributed by atoms with Crippen molar-refractivity contribution in [3.05, 3.63) is 0 Å². The van der Waals surface area contributed by atoms with Crippen LogP contribution in [0.3, 0.4) is 0 Å². The molecule has 0 aromatic carbocycles. The van der Waals surface area contributed by atoms with Crippen molar-refractivity contribution >= 4 is 0 Å². The summed E-state index contributed by atoms with van der Waals surface area (Å²) in [7, 11) is 0. The van der Waals surface area contributed by atoms with Crippen molar-refractivity contribution in [2.75, 3.05) is 0 Å². The van der Waals surface area contributed by atoms with Crippen LogP contribution in [0.2, 0.25) is 0 Å². The lowest BCUT2D eigenvalue weighted by Gasteiger charge is -2.40. The molecule has 1 fully saturated rings. The fraction of sp³-hybridized carbons (Fsp3) is 1.00.